The highest BCUT2D eigenvalue weighted by Gasteiger charge is 2.06. The molecule has 88 valence electrons. The highest BCUT2D eigenvalue weighted by Crippen LogP contribution is 1.99. The fourth-order valence-electron chi connectivity index (χ4n) is 1.19. The Hall–Kier alpha value is -1.62. The van der Waals surface area contributed by atoms with E-state index in [1.807, 2.05) is 7.05 Å². The fourth-order valence-corrected chi connectivity index (χ4v) is 1.19. The van der Waals surface area contributed by atoms with Crippen LogP contribution in [0, 0.1) is 0 Å². The Labute approximate surface area is 95.7 Å². The van der Waals surface area contributed by atoms with Gasteiger partial charge in [0.15, 0.2) is 0 Å². The quantitative estimate of drug-likeness (QED) is 0.754. The maximum atomic E-state index is 11.6. The van der Waals surface area contributed by atoms with Crippen molar-refractivity contribution in [3.63, 3.8) is 0 Å². The van der Waals surface area contributed by atoms with E-state index in [1.54, 1.807) is 18.2 Å². The molecular weight excluding hydrogens is 204 g/mol. The van der Waals surface area contributed by atoms with Gasteiger partial charge in [-0.2, -0.15) is 0 Å². The van der Waals surface area contributed by atoms with Crippen LogP contribution in [0.5, 0.6) is 0 Å². The van der Waals surface area contributed by atoms with Crippen molar-refractivity contribution >= 4 is 11.7 Å². The van der Waals surface area contributed by atoms with Gasteiger partial charge >= 0.3 is 0 Å². The number of amides is 1. The van der Waals surface area contributed by atoms with Crippen LogP contribution in [0.4, 0.5) is 5.82 Å². The number of nitrogens with zero attached hydrogens (tertiary/aromatic N) is 2. The Kier molecular flexibility index (Phi) is 4.72. The van der Waals surface area contributed by atoms with Crippen molar-refractivity contribution in [3.05, 3.63) is 23.9 Å². The summed E-state index contributed by atoms with van der Waals surface area (Å²) in [5.74, 6) is 0.176. The number of pyridine rings is 1. The zero-order chi connectivity index (χ0) is 12.0. The van der Waals surface area contributed by atoms with Crippen LogP contribution >= 0.6 is 0 Å². The summed E-state index contributed by atoms with van der Waals surface area (Å²) < 4.78 is 0. The molecule has 3 N–H and O–H groups in total. The van der Waals surface area contributed by atoms with Gasteiger partial charge in [0.05, 0.1) is 0 Å². The largest absolute Gasteiger partial charge is 0.384 e. The molecule has 0 atom stereocenters. The standard InChI is InChI=1S/C11H18N4O/c1-3-15(2)8-7-13-11(16)9-5-4-6-10(12)14-9/h4-6H,3,7-8H2,1-2H3,(H2,12,14)(H,13,16). The van der Waals surface area contributed by atoms with E-state index in [0.717, 1.165) is 13.1 Å². The second-order valence-corrected chi connectivity index (χ2v) is 3.60. The number of rotatable bonds is 5. The van der Waals surface area contributed by atoms with Crippen molar-refractivity contribution in [2.45, 2.75) is 6.92 Å². The molecule has 0 aromatic carbocycles. The van der Waals surface area contributed by atoms with Gasteiger partial charge in [-0.1, -0.05) is 13.0 Å². The lowest BCUT2D eigenvalue weighted by atomic mass is 10.3. The van der Waals surface area contributed by atoms with E-state index < -0.39 is 0 Å². The molecular formula is C11H18N4O. The lowest BCUT2D eigenvalue weighted by Crippen LogP contribution is -2.33. The van der Waals surface area contributed by atoms with Crippen LogP contribution in [0.3, 0.4) is 0 Å². The molecule has 0 saturated heterocycles. The molecule has 1 heterocycles. The van der Waals surface area contributed by atoms with Gasteiger partial charge in [-0.05, 0) is 25.7 Å². The van der Waals surface area contributed by atoms with Crippen molar-refractivity contribution in [3.8, 4) is 0 Å². The van der Waals surface area contributed by atoms with E-state index in [1.165, 1.54) is 0 Å². The molecule has 0 spiro atoms. The van der Waals surface area contributed by atoms with E-state index >= 15 is 0 Å². The van der Waals surface area contributed by atoms with E-state index in [0.29, 0.717) is 18.1 Å². The molecule has 0 fully saturated rings. The van der Waals surface area contributed by atoms with Crippen LogP contribution in [0.25, 0.3) is 0 Å². The molecule has 0 aliphatic rings. The third kappa shape index (κ3) is 3.86. The highest BCUT2D eigenvalue weighted by atomic mass is 16.1. The second-order valence-electron chi connectivity index (χ2n) is 3.60. The number of nitrogens with one attached hydrogen (secondary N) is 1. The van der Waals surface area contributed by atoms with Gasteiger partial charge in [-0.3, -0.25) is 4.79 Å². The Bertz CT molecular complexity index is 354. The molecule has 0 saturated carbocycles. The number of aromatic nitrogens is 1. The van der Waals surface area contributed by atoms with Crippen LogP contribution in [0.2, 0.25) is 0 Å². The third-order valence-electron chi connectivity index (χ3n) is 2.32. The third-order valence-corrected chi connectivity index (χ3v) is 2.32. The first-order valence-electron chi connectivity index (χ1n) is 5.32. The maximum Gasteiger partial charge on any atom is 0.270 e. The molecule has 1 aromatic heterocycles. The summed E-state index contributed by atoms with van der Waals surface area (Å²) in [5.41, 5.74) is 5.86. The van der Waals surface area contributed by atoms with Crippen molar-refractivity contribution in [1.82, 2.24) is 15.2 Å². The first-order chi connectivity index (χ1) is 7.63. The van der Waals surface area contributed by atoms with Crippen molar-refractivity contribution in [1.29, 1.82) is 0 Å². The van der Waals surface area contributed by atoms with Crippen LogP contribution < -0.4 is 11.1 Å². The average molecular weight is 222 g/mol. The summed E-state index contributed by atoms with van der Waals surface area (Å²) in [6, 6.07) is 5.02. The second kappa shape index (κ2) is 6.07. The van der Waals surface area contributed by atoms with Crippen LogP contribution in [0.1, 0.15) is 17.4 Å². The molecule has 5 heteroatoms. The number of hydrogen-bond acceptors (Lipinski definition) is 4. The van der Waals surface area contributed by atoms with Gasteiger partial charge in [0.25, 0.3) is 5.91 Å². The number of likely N-dealkylation sites (N-methyl/N-ethyl adjacent to an activating group) is 1. The molecule has 5 nitrogen and oxygen atoms in total. The maximum absolute atomic E-state index is 11.6. The molecule has 1 aromatic rings. The average Bonchev–Trinajstić information content (AvgIpc) is 2.28. The Morgan fingerprint density at radius 2 is 2.31 bits per heavy atom. The summed E-state index contributed by atoms with van der Waals surface area (Å²) in [5, 5.41) is 2.79. The molecule has 0 aliphatic carbocycles. The summed E-state index contributed by atoms with van der Waals surface area (Å²) in [6.07, 6.45) is 0. The Morgan fingerprint density at radius 3 is 2.94 bits per heavy atom. The van der Waals surface area contributed by atoms with Crippen molar-refractivity contribution in [2.24, 2.45) is 0 Å². The van der Waals surface area contributed by atoms with Crippen molar-refractivity contribution < 1.29 is 4.79 Å². The highest BCUT2D eigenvalue weighted by molar-refractivity contribution is 5.92. The van der Waals surface area contributed by atoms with E-state index in [9.17, 15) is 4.79 Å². The zero-order valence-corrected chi connectivity index (χ0v) is 9.73. The van der Waals surface area contributed by atoms with E-state index in [4.69, 9.17) is 5.73 Å². The molecule has 0 unspecified atom stereocenters. The topological polar surface area (TPSA) is 71.2 Å². The smallest absolute Gasteiger partial charge is 0.270 e. The van der Waals surface area contributed by atoms with Gasteiger partial charge in [-0.25, -0.2) is 4.98 Å². The van der Waals surface area contributed by atoms with Crippen LogP contribution in [-0.4, -0.2) is 42.5 Å². The predicted molar refractivity (Wildman–Crippen MR) is 64.2 cm³/mol. The molecule has 1 amide bonds. The van der Waals surface area contributed by atoms with Gasteiger partial charge in [0.1, 0.15) is 11.5 Å². The Balaban J connectivity index is 2.41. The SMILES string of the molecule is CCN(C)CCNC(=O)c1cccc(N)n1. The number of carbonyl (C=O) groups is 1. The number of anilines is 1. The number of nitrogen functional groups attached to an aromatic ring is 1. The zero-order valence-electron chi connectivity index (χ0n) is 9.73. The minimum atomic E-state index is -0.184. The molecule has 16 heavy (non-hydrogen) atoms. The summed E-state index contributed by atoms with van der Waals surface area (Å²) >= 11 is 0. The monoisotopic (exact) mass is 222 g/mol. The first-order valence-corrected chi connectivity index (χ1v) is 5.32. The molecule has 0 aliphatic heterocycles. The van der Waals surface area contributed by atoms with Gasteiger partial charge < -0.3 is 16.0 Å². The Morgan fingerprint density at radius 1 is 1.56 bits per heavy atom. The first kappa shape index (κ1) is 12.4. The van der Waals surface area contributed by atoms with Gasteiger partial charge in [0, 0.05) is 13.1 Å². The van der Waals surface area contributed by atoms with Crippen LogP contribution in [0.15, 0.2) is 18.2 Å². The molecule has 0 bridgehead atoms. The van der Waals surface area contributed by atoms with E-state index in [-0.39, 0.29) is 5.91 Å². The fraction of sp³-hybridized carbons (Fsp3) is 0.455. The molecule has 1 rings (SSSR count). The number of nitrogens with two attached hydrogens (primary N) is 1. The number of carbonyl (C=O) groups excluding carboxylic acids is 1. The lowest BCUT2D eigenvalue weighted by molar-refractivity contribution is 0.0945. The van der Waals surface area contributed by atoms with Gasteiger partial charge in [-0.15, -0.1) is 0 Å². The van der Waals surface area contributed by atoms with Gasteiger partial charge in [0.2, 0.25) is 0 Å². The summed E-state index contributed by atoms with van der Waals surface area (Å²) in [6.45, 7) is 4.47. The van der Waals surface area contributed by atoms with E-state index in [2.05, 4.69) is 22.1 Å². The minimum Gasteiger partial charge on any atom is -0.384 e. The number of hydrogen-bond donors (Lipinski definition) is 2. The molecule has 0 radical (unpaired) electrons. The normalized spacial score (nSPS) is 10.4. The van der Waals surface area contributed by atoms with Crippen LogP contribution in [-0.2, 0) is 0 Å². The summed E-state index contributed by atoms with van der Waals surface area (Å²) in [4.78, 5) is 17.7. The minimum absolute atomic E-state index is 0.184. The lowest BCUT2D eigenvalue weighted by Gasteiger charge is -2.13. The predicted octanol–water partition coefficient (Wildman–Crippen LogP) is 0.345. The summed E-state index contributed by atoms with van der Waals surface area (Å²) in [7, 11) is 2.00. The van der Waals surface area contributed by atoms with Crippen molar-refractivity contribution in [2.75, 3.05) is 32.4 Å².